The number of anilines is 1. The summed E-state index contributed by atoms with van der Waals surface area (Å²) in [5.41, 5.74) is 2.21. The monoisotopic (exact) mass is 421 g/mol. The van der Waals surface area contributed by atoms with Crippen molar-refractivity contribution in [3.05, 3.63) is 84.3 Å². The van der Waals surface area contributed by atoms with Gasteiger partial charge in [0.05, 0.1) is 16.8 Å². The molecule has 0 spiro atoms. The third-order valence-electron chi connectivity index (χ3n) is 4.46. The molecule has 1 amide bonds. The molecule has 150 valence electrons. The van der Waals surface area contributed by atoms with Crippen LogP contribution in [0.1, 0.15) is 10.4 Å². The fourth-order valence-corrected chi connectivity index (χ4v) is 3.63. The summed E-state index contributed by atoms with van der Waals surface area (Å²) < 4.78 is 37.3. The van der Waals surface area contributed by atoms with Crippen molar-refractivity contribution in [3.8, 4) is 11.3 Å². The van der Waals surface area contributed by atoms with Gasteiger partial charge in [0.15, 0.2) is 14.9 Å². The fraction of sp³-hybridized carbons (Fsp3) is 0.0455. The van der Waals surface area contributed by atoms with Gasteiger partial charge in [-0.15, -0.1) is 0 Å². The minimum Gasteiger partial charge on any atom is -0.322 e. The summed E-state index contributed by atoms with van der Waals surface area (Å²) in [4.78, 5) is 21.4. The number of carbonyl (C=O) groups is 1. The van der Waals surface area contributed by atoms with Crippen LogP contribution in [0.3, 0.4) is 0 Å². The highest BCUT2D eigenvalue weighted by atomic mass is 32.2. The first-order valence-electron chi connectivity index (χ1n) is 8.94. The Kier molecular flexibility index (Phi) is 5.01. The Balaban J connectivity index is 1.80. The van der Waals surface area contributed by atoms with E-state index >= 15 is 0 Å². The van der Waals surface area contributed by atoms with Gasteiger partial charge in [0.2, 0.25) is 0 Å². The first-order valence-corrected chi connectivity index (χ1v) is 10.8. The lowest BCUT2D eigenvalue weighted by molar-refractivity contribution is 0.102. The molecule has 0 radical (unpaired) electrons. The number of nitrogens with zero attached hydrogens (tertiary/aromatic N) is 2. The van der Waals surface area contributed by atoms with E-state index in [-0.39, 0.29) is 16.3 Å². The fourth-order valence-electron chi connectivity index (χ4n) is 3.03. The van der Waals surface area contributed by atoms with E-state index in [9.17, 15) is 17.6 Å². The Hall–Kier alpha value is -3.65. The zero-order valence-corrected chi connectivity index (χ0v) is 16.7. The predicted molar refractivity (Wildman–Crippen MR) is 112 cm³/mol. The number of aromatic nitrogens is 2. The molecule has 0 aliphatic carbocycles. The first-order chi connectivity index (χ1) is 14.3. The number of pyridine rings is 2. The van der Waals surface area contributed by atoms with Gasteiger partial charge in [-0.1, -0.05) is 30.3 Å². The zero-order chi connectivity index (χ0) is 21.3. The summed E-state index contributed by atoms with van der Waals surface area (Å²) in [5, 5.41) is 3.02. The lowest BCUT2D eigenvalue weighted by atomic mass is 10.0. The number of halogens is 1. The number of nitrogens with one attached hydrogen (secondary N) is 1. The van der Waals surface area contributed by atoms with Gasteiger partial charge < -0.3 is 5.32 Å². The molecule has 6 nitrogen and oxygen atoms in total. The van der Waals surface area contributed by atoms with Crippen LogP contribution in [0.15, 0.2) is 78.0 Å². The van der Waals surface area contributed by atoms with Crippen LogP contribution in [-0.2, 0) is 9.84 Å². The van der Waals surface area contributed by atoms with Crippen molar-refractivity contribution in [2.24, 2.45) is 0 Å². The van der Waals surface area contributed by atoms with Gasteiger partial charge in [0, 0.05) is 35.2 Å². The number of benzene rings is 2. The van der Waals surface area contributed by atoms with Gasteiger partial charge in [-0.3, -0.25) is 4.79 Å². The van der Waals surface area contributed by atoms with Gasteiger partial charge in [-0.25, -0.2) is 22.8 Å². The second-order valence-corrected chi connectivity index (χ2v) is 8.65. The van der Waals surface area contributed by atoms with E-state index in [1.165, 1.54) is 36.5 Å². The molecule has 0 saturated carbocycles. The molecule has 0 unspecified atom stereocenters. The molecular weight excluding hydrogens is 405 g/mol. The number of amides is 1. The molecule has 0 saturated heterocycles. The van der Waals surface area contributed by atoms with Crippen molar-refractivity contribution in [1.82, 2.24) is 9.97 Å². The molecule has 0 aliphatic rings. The van der Waals surface area contributed by atoms with Gasteiger partial charge in [0.1, 0.15) is 5.82 Å². The number of sulfone groups is 1. The zero-order valence-electron chi connectivity index (χ0n) is 15.8. The van der Waals surface area contributed by atoms with E-state index in [0.29, 0.717) is 16.6 Å². The van der Waals surface area contributed by atoms with E-state index in [4.69, 9.17) is 0 Å². The van der Waals surface area contributed by atoms with Crippen LogP contribution in [0.4, 0.5) is 10.1 Å². The molecule has 4 aromatic rings. The van der Waals surface area contributed by atoms with Crippen LogP contribution in [0.25, 0.3) is 22.2 Å². The summed E-state index contributed by atoms with van der Waals surface area (Å²) in [6, 6.07) is 17.7. The van der Waals surface area contributed by atoms with Crippen LogP contribution in [0, 0.1) is 5.82 Å². The molecule has 0 aliphatic heterocycles. The molecule has 8 heteroatoms. The van der Waals surface area contributed by atoms with E-state index in [2.05, 4.69) is 15.3 Å². The lowest BCUT2D eigenvalue weighted by Gasteiger charge is -2.11. The van der Waals surface area contributed by atoms with Crippen LogP contribution >= 0.6 is 0 Å². The first kappa shape index (κ1) is 19.7. The second-order valence-electron chi connectivity index (χ2n) is 6.69. The van der Waals surface area contributed by atoms with Crippen LogP contribution in [-0.4, -0.2) is 30.5 Å². The van der Waals surface area contributed by atoms with Crippen molar-refractivity contribution in [3.63, 3.8) is 0 Å². The molecular formula is C22H16FN3O3S. The van der Waals surface area contributed by atoms with Crippen molar-refractivity contribution < 1.29 is 17.6 Å². The van der Waals surface area contributed by atoms with Gasteiger partial charge in [0.25, 0.3) is 5.91 Å². The van der Waals surface area contributed by atoms with Crippen LogP contribution in [0.2, 0.25) is 0 Å². The van der Waals surface area contributed by atoms with Crippen molar-refractivity contribution in [1.29, 1.82) is 0 Å². The standard InChI is InChI=1S/C22H16FN3O3S/c1-30(28,29)21-12-16(9-10-24-21)25-22(27)18-13-19(14-5-3-2-4-6-14)26-20-11-15(23)7-8-17(18)20/h2-13H,1H3,(H,24,25,27). The van der Waals surface area contributed by atoms with E-state index < -0.39 is 21.6 Å². The lowest BCUT2D eigenvalue weighted by Crippen LogP contribution is -2.14. The van der Waals surface area contributed by atoms with Gasteiger partial charge in [-0.05, 0) is 30.3 Å². The largest absolute Gasteiger partial charge is 0.322 e. The van der Waals surface area contributed by atoms with Crippen LogP contribution < -0.4 is 5.32 Å². The SMILES string of the molecule is CS(=O)(=O)c1cc(NC(=O)c2cc(-c3ccccc3)nc3cc(F)ccc23)ccn1. The Morgan fingerprint density at radius 1 is 1.00 bits per heavy atom. The summed E-state index contributed by atoms with van der Waals surface area (Å²) in [6.45, 7) is 0. The molecule has 2 aromatic carbocycles. The summed E-state index contributed by atoms with van der Waals surface area (Å²) in [6.07, 6.45) is 2.35. The molecule has 2 heterocycles. The van der Waals surface area contributed by atoms with Crippen LogP contribution in [0.5, 0.6) is 0 Å². The van der Waals surface area contributed by atoms with E-state index in [1.54, 1.807) is 6.07 Å². The topological polar surface area (TPSA) is 89.0 Å². The quantitative estimate of drug-likeness (QED) is 0.536. The maximum absolute atomic E-state index is 13.8. The number of carbonyl (C=O) groups excluding carboxylic acids is 1. The highest BCUT2D eigenvalue weighted by Crippen LogP contribution is 2.26. The molecule has 0 atom stereocenters. The molecule has 1 N–H and O–H groups in total. The smallest absolute Gasteiger partial charge is 0.256 e. The summed E-state index contributed by atoms with van der Waals surface area (Å²) in [5.74, 6) is -0.935. The van der Waals surface area contributed by atoms with Crippen molar-refractivity contribution >= 4 is 32.3 Å². The van der Waals surface area contributed by atoms with Gasteiger partial charge in [-0.2, -0.15) is 0 Å². The Bertz CT molecular complexity index is 1370. The Morgan fingerprint density at radius 2 is 1.77 bits per heavy atom. The van der Waals surface area contributed by atoms with Gasteiger partial charge >= 0.3 is 0 Å². The average Bonchev–Trinajstić information content (AvgIpc) is 2.73. The maximum Gasteiger partial charge on any atom is 0.256 e. The summed E-state index contributed by atoms with van der Waals surface area (Å²) >= 11 is 0. The molecule has 2 aromatic heterocycles. The predicted octanol–water partition coefficient (Wildman–Crippen LogP) is 4.09. The summed E-state index contributed by atoms with van der Waals surface area (Å²) in [7, 11) is -3.52. The van der Waals surface area contributed by atoms with E-state index in [1.807, 2.05) is 30.3 Å². The maximum atomic E-state index is 13.8. The number of fused-ring (bicyclic) bond motifs is 1. The molecule has 4 rings (SSSR count). The second kappa shape index (κ2) is 7.64. The number of hydrogen-bond donors (Lipinski definition) is 1. The minimum absolute atomic E-state index is 0.146. The third-order valence-corrected chi connectivity index (χ3v) is 5.44. The van der Waals surface area contributed by atoms with Crippen molar-refractivity contribution in [2.45, 2.75) is 5.03 Å². The Labute approximate surface area is 172 Å². The highest BCUT2D eigenvalue weighted by molar-refractivity contribution is 7.90. The average molecular weight is 421 g/mol. The number of hydrogen-bond acceptors (Lipinski definition) is 5. The highest BCUT2D eigenvalue weighted by Gasteiger charge is 2.16. The third kappa shape index (κ3) is 4.04. The number of rotatable bonds is 4. The molecule has 0 bridgehead atoms. The van der Waals surface area contributed by atoms with E-state index in [0.717, 1.165) is 11.8 Å². The Morgan fingerprint density at radius 3 is 2.50 bits per heavy atom. The normalized spacial score (nSPS) is 11.4. The minimum atomic E-state index is -3.52. The van der Waals surface area contributed by atoms with Crippen molar-refractivity contribution in [2.75, 3.05) is 11.6 Å². The molecule has 30 heavy (non-hydrogen) atoms. The molecule has 0 fully saturated rings.